The zero-order chi connectivity index (χ0) is 11.1. The lowest BCUT2D eigenvalue weighted by Gasteiger charge is -2.12. The van der Waals surface area contributed by atoms with Crippen molar-refractivity contribution < 1.29 is 9.59 Å². The normalized spacial score (nSPS) is 20.5. The van der Waals surface area contributed by atoms with Gasteiger partial charge in [-0.3, -0.25) is 10.1 Å². The van der Waals surface area contributed by atoms with E-state index in [4.69, 9.17) is 0 Å². The molecular weight excluding hydrogens is 214 g/mol. The Labute approximate surface area is 93.1 Å². The zero-order valence-corrected chi connectivity index (χ0v) is 9.55. The molecule has 0 aliphatic carbocycles. The molecule has 1 rings (SSSR count). The van der Waals surface area contributed by atoms with Crippen molar-refractivity contribution in [1.29, 1.82) is 0 Å². The number of carbonyl (C=O) groups excluding carboxylic acids is 2. The van der Waals surface area contributed by atoms with Gasteiger partial charge in [0.2, 0.25) is 0 Å². The highest BCUT2D eigenvalue weighted by Gasteiger charge is 2.24. The van der Waals surface area contributed by atoms with Gasteiger partial charge in [-0.2, -0.15) is 5.11 Å². The van der Waals surface area contributed by atoms with Gasteiger partial charge in [0, 0.05) is 0 Å². The minimum Gasteiger partial charge on any atom is -0.272 e. The fourth-order valence-corrected chi connectivity index (χ4v) is 2.10. The lowest BCUT2D eigenvalue weighted by Crippen LogP contribution is -2.38. The molecule has 0 aromatic heterocycles. The maximum absolute atomic E-state index is 11.2. The predicted octanol–water partition coefficient (Wildman–Crippen LogP) is 2.33. The van der Waals surface area contributed by atoms with Crippen LogP contribution in [0.15, 0.2) is 10.2 Å². The minimum atomic E-state index is -0.664. The molecule has 0 aromatic rings. The molecule has 0 aromatic carbocycles. The van der Waals surface area contributed by atoms with E-state index in [2.05, 4.69) is 22.5 Å². The summed E-state index contributed by atoms with van der Waals surface area (Å²) >= 11 is 1.43. The van der Waals surface area contributed by atoms with Crippen LogP contribution in [0.4, 0.5) is 4.79 Å². The third-order valence-corrected chi connectivity index (χ3v) is 3.13. The van der Waals surface area contributed by atoms with E-state index in [9.17, 15) is 9.59 Å². The summed E-state index contributed by atoms with van der Waals surface area (Å²) in [6.07, 6.45) is 4.67. The van der Waals surface area contributed by atoms with Crippen LogP contribution >= 0.6 is 11.8 Å². The van der Waals surface area contributed by atoms with Gasteiger partial charge in [0.25, 0.3) is 5.91 Å². The SMILES string of the molecule is CCCCCCSC1N=NC(=O)NC1=O. The molecule has 1 atom stereocenters. The van der Waals surface area contributed by atoms with Crippen LogP contribution in [-0.4, -0.2) is 23.1 Å². The molecule has 15 heavy (non-hydrogen) atoms. The van der Waals surface area contributed by atoms with Gasteiger partial charge >= 0.3 is 6.03 Å². The summed E-state index contributed by atoms with van der Waals surface area (Å²) in [7, 11) is 0. The third kappa shape index (κ3) is 4.42. The van der Waals surface area contributed by atoms with Gasteiger partial charge in [-0.05, 0) is 12.2 Å². The Morgan fingerprint density at radius 1 is 1.33 bits per heavy atom. The fourth-order valence-electron chi connectivity index (χ4n) is 1.18. The van der Waals surface area contributed by atoms with E-state index in [1.54, 1.807) is 0 Å². The molecule has 3 amide bonds. The summed E-state index contributed by atoms with van der Waals surface area (Å²) in [4.78, 5) is 21.9. The van der Waals surface area contributed by atoms with E-state index in [0.717, 1.165) is 12.2 Å². The van der Waals surface area contributed by atoms with E-state index in [-0.39, 0.29) is 5.91 Å². The lowest BCUT2D eigenvalue weighted by atomic mass is 10.2. The number of nitrogens with one attached hydrogen (secondary N) is 1. The summed E-state index contributed by atoms with van der Waals surface area (Å²) in [5.41, 5.74) is 0. The second-order valence-electron chi connectivity index (χ2n) is 3.29. The first-order chi connectivity index (χ1) is 7.24. The second-order valence-corrected chi connectivity index (χ2v) is 4.48. The standard InChI is InChI=1S/C9H15N3O2S/c1-2-3-4-5-6-15-8-7(13)10-9(14)12-11-8/h8H,2-6H2,1H3,(H,10,13,14). The topological polar surface area (TPSA) is 70.9 Å². The molecule has 0 saturated heterocycles. The van der Waals surface area contributed by atoms with Crippen molar-refractivity contribution in [2.45, 2.75) is 38.0 Å². The number of azo groups is 1. The quantitative estimate of drug-likeness (QED) is 0.710. The summed E-state index contributed by atoms with van der Waals surface area (Å²) in [6, 6.07) is -0.664. The summed E-state index contributed by atoms with van der Waals surface area (Å²) < 4.78 is 0. The van der Waals surface area contributed by atoms with Crippen molar-refractivity contribution in [1.82, 2.24) is 5.32 Å². The number of hydrogen-bond acceptors (Lipinski definition) is 4. The van der Waals surface area contributed by atoms with Crippen LogP contribution in [0.2, 0.25) is 0 Å². The van der Waals surface area contributed by atoms with Crippen LogP contribution < -0.4 is 5.32 Å². The number of rotatable bonds is 6. The van der Waals surface area contributed by atoms with E-state index >= 15 is 0 Å². The molecule has 0 fully saturated rings. The number of carbonyl (C=O) groups is 2. The molecular formula is C9H15N3O2S. The van der Waals surface area contributed by atoms with Gasteiger partial charge < -0.3 is 0 Å². The fraction of sp³-hybridized carbons (Fsp3) is 0.778. The molecule has 0 radical (unpaired) electrons. The van der Waals surface area contributed by atoms with E-state index in [0.29, 0.717) is 0 Å². The number of thioether (sulfide) groups is 1. The highest BCUT2D eigenvalue weighted by atomic mass is 32.2. The number of hydrogen-bond donors (Lipinski definition) is 1. The molecule has 84 valence electrons. The van der Waals surface area contributed by atoms with E-state index in [1.807, 2.05) is 0 Å². The van der Waals surface area contributed by atoms with Gasteiger partial charge in [0.05, 0.1) is 0 Å². The van der Waals surface area contributed by atoms with Crippen molar-refractivity contribution >= 4 is 23.7 Å². The van der Waals surface area contributed by atoms with Crippen LogP contribution in [0.1, 0.15) is 32.6 Å². The average molecular weight is 229 g/mol. The summed E-state index contributed by atoms with van der Waals surface area (Å²) in [5, 5.41) is 8.53. The van der Waals surface area contributed by atoms with E-state index in [1.165, 1.54) is 31.0 Å². The number of amides is 3. The Bertz CT molecular complexity index is 268. The van der Waals surface area contributed by atoms with Crippen LogP contribution in [0.3, 0.4) is 0 Å². The third-order valence-electron chi connectivity index (χ3n) is 1.98. The predicted molar refractivity (Wildman–Crippen MR) is 58.8 cm³/mol. The molecule has 1 unspecified atom stereocenters. The minimum absolute atomic E-state index is 0.351. The van der Waals surface area contributed by atoms with Crippen molar-refractivity contribution in [3.8, 4) is 0 Å². The first-order valence-electron chi connectivity index (χ1n) is 5.11. The molecule has 5 nitrogen and oxygen atoms in total. The van der Waals surface area contributed by atoms with Crippen molar-refractivity contribution in [2.24, 2.45) is 10.2 Å². The Balaban J connectivity index is 2.18. The van der Waals surface area contributed by atoms with Crippen LogP contribution in [-0.2, 0) is 4.79 Å². The maximum atomic E-state index is 11.2. The molecule has 1 aliphatic heterocycles. The average Bonchev–Trinajstić information content (AvgIpc) is 2.20. The number of unbranched alkanes of at least 4 members (excludes halogenated alkanes) is 3. The maximum Gasteiger partial charge on any atom is 0.366 e. The van der Waals surface area contributed by atoms with Crippen LogP contribution in [0.5, 0.6) is 0 Å². The van der Waals surface area contributed by atoms with Crippen molar-refractivity contribution in [3.63, 3.8) is 0 Å². The zero-order valence-electron chi connectivity index (χ0n) is 8.73. The molecule has 0 saturated carbocycles. The summed E-state index contributed by atoms with van der Waals surface area (Å²) in [5.74, 6) is 0.529. The van der Waals surface area contributed by atoms with Crippen molar-refractivity contribution in [3.05, 3.63) is 0 Å². The lowest BCUT2D eigenvalue weighted by molar-refractivity contribution is -0.119. The Morgan fingerprint density at radius 2 is 2.13 bits per heavy atom. The van der Waals surface area contributed by atoms with Gasteiger partial charge in [-0.15, -0.1) is 11.8 Å². The van der Waals surface area contributed by atoms with Crippen LogP contribution in [0, 0.1) is 0 Å². The Kier molecular flexibility index (Phi) is 5.31. The monoisotopic (exact) mass is 229 g/mol. The largest absolute Gasteiger partial charge is 0.366 e. The highest BCUT2D eigenvalue weighted by Crippen LogP contribution is 2.18. The van der Waals surface area contributed by atoms with Crippen LogP contribution in [0.25, 0.3) is 0 Å². The van der Waals surface area contributed by atoms with Gasteiger partial charge in [-0.25, -0.2) is 4.79 Å². The Morgan fingerprint density at radius 3 is 2.80 bits per heavy atom. The molecule has 1 aliphatic rings. The molecule has 0 spiro atoms. The second kappa shape index (κ2) is 6.55. The van der Waals surface area contributed by atoms with Crippen molar-refractivity contribution in [2.75, 3.05) is 5.75 Å². The molecule has 0 bridgehead atoms. The first kappa shape index (κ1) is 12.2. The number of imide groups is 1. The number of nitrogens with zero attached hydrogens (tertiary/aromatic N) is 2. The molecule has 6 heteroatoms. The Hall–Kier alpha value is -0.910. The summed E-state index contributed by atoms with van der Waals surface area (Å²) in [6.45, 7) is 2.15. The molecule has 1 N–H and O–H groups in total. The smallest absolute Gasteiger partial charge is 0.272 e. The van der Waals surface area contributed by atoms with E-state index < -0.39 is 11.4 Å². The first-order valence-corrected chi connectivity index (χ1v) is 6.16. The van der Waals surface area contributed by atoms with Gasteiger partial charge in [0.1, 0.15) is 0 Å². The van der Waals surface area contributed by atoms with Gasteiger partial charge in [0.15, 0.2) is 5.37 Å². The highest BCUT2D eigenvalue weighted by molar-refractivity contribution is 8.00. The number of urea groups is 1. The molecule has 1 heterocycles. The van der Waals surface area contributed by atoms with Gasteiger partial charge in [-0.1, -0.05) is 31.3 Å².